The van der Waals surface area contributed by atoms with Crippen LogP contribution in [0, 0.1) is 5.82 Å². The summed E-state index contributed by atoms with van der Waals surface area (Å²) in [6, 6.07) is 4.27. The van der Waals surface area contributed by atoms with Crippen LogP contribution in [0.15, 0.2) is 22.7 Å². The van der Waals surface area contributed by atoms with Gasteiger partial charge in [0.15, 0.2) is 0 Å². The number of rotatable bonds is 6. The van der Waals surface area contributed by atoms with Crippen LogP contribution in [0.1, 0.15) is 57.8 Å². The molecule has 0 aliphatic carbocycles. The summed E-state index contributed by atoms with van der Waals surface area (Å²) in [4.78, 5) is 24.3. The van der Waals surface area contributed by atoms with Crippen LogP contribution in [-0.2, 0) is 4.74 Å². The molecule has 0 spiro atoms. The highest BCUT2D eigenvalue weighted by atomic mass is 79.9. The zero-order valence-corrected chi connectivity index (χ0v) is 16.9. The van der Waals surface area contributed by atoms with Crippen molar-refractivity contribution in [3.63, 3.8) is 0 Å². The number of amides is 2. The van der Waals surface area contributed by atoms with E-state index < -0.39 is 29.0 Å². The molecule has 7 heteroatoms. The standard InChI is InChI=1S/C18H26BrFN2O3/c1-6-18(7-2,11-21-16(24)25-17(3,4)5)22-15(23)13-9-8-12(19)10-14(13)20/h8-10H,6-7,11H2,1-5H3,(H,21,24)(H,22,23). The molecule has 0 atom stereocenters. The third-order valence-electron chi connectivity index (χ3n) is 3.88. The predicted molar refractivity (Wildman–Crippen MR) is 99.1 cm³/mol. The number of carbonyl (C=O) groups excluding carboxylic acids is 2. The molecule has 0 saturated heterocycles. The van der Waals surface area contributed by atoms with E-state index in [-0.39, 0.29) is 12.1 Å². The Morgan fingerprint density at radius 3 is 2.28 bits per heavy atom. The van der Waals surface area contributed by atoms with Crippen LogP contribution in [0.25, 0.3) is 0 Å². The van der Waals surface area contributed by atoms with Gasteiger partial charge in [0.05, 0.1) is 11.1 Å². The molecule has 0 unspecified atom stereocenters. The molecule has 2 N–H and O–H groups in total. The Morgan fingerprint density at radius 1 is 1.20 bits per heavy atom. The van der Waals surface area contributed by atoms with Crippen LogP contribution in [0.4, 0.5) is 9.18 Å². The van der Waals surface area contributed by atoms with Crippen molar-refractivity contribution in [2.45, 2.75) is 58.6 Å². The summed E-state index contributed by atoms with van der Waals surface area (Å²) >= 11 is 3.17. The molecule has 1 rings (SSSR count). The highest BCUT2D eigenvalue weighted by Gasteiger charge is 2.30. The van der Waals surface area contributed by atoms with Crippen molar-refractivity contribution in [3.8, 4) is 0 Å². The summed E-state index contributed by atoms with van der Waals surface area (Å²) in [5.41, 5.74) is -1.32. The second-order valence-electron chi connectivity index (χ2n) is 6.92. The van der Waals surface area contributed by atoms with E-state index in [1.54, 1.807) is 26.8 Å². The third kappa shape index (κ3) is 6.65. The molecule has 0 fully saturated rings. The molecule has 0 radical (unpaired) electrons. The number of alkyl carbamates (subject to hydrolysis) is 1. The molecule has 1 aromatic carbocycles. The van der Waals surface area contributed by atoms with Crippen LogP contribution >= 0.6 is 15.9 Å². The lowest BCUT2D eigenvalue weighted by atomic mass is 9.92. The molecular formula is C18H26BrFN2O3. The average molecular weight is 417 g/mol. The Hall–Kier alpha value is -1.63. The molecule has 0 aliphatic heterocycles. The van der Waals surface area contributed by atoms with Crippen molar-refractivity contribution in [3.05, 3.63) is 34.1 Å². The number of hydrogen-bond donors (Lipinski definition) is 2. The fraction of sp³-hybridized carbons (Fsp3) is 0.556. The number of halogens is 2. The van der Waals surface area contributed by atoms with Crippen molar-refractivity contribution in [1.29, 1.82) is 0 Å². The number of benzene rings is 1. The maximum Gasteiger partial charge on any atom is 0.407 e. The van der Waals surface area contributed by atoms with Crippen molar-refractivity contribution >= 4 is 27.9 Å². The van der Waals surface area contributed by atoms with Gasteiger partial charge in [-0.3, -0.25) is 4.79 Å². The van der Waals surface area contributed by atoms with Gasteiger partial charge in [0.25, 0.3) is 5.91 Å². The Bertz CT molecular complexity index is 625. The van der Waals surface area contributed by atoms with Crippen LogP contribution in [0.5, 0.6) is 0 Å². The highest BCUT2D eigenvalue weighted by molar-refractivity contribution is 9.10. The molecule has 5 nitrogen and oxygen atoms in total. The quantitative estimate of drug-likeness (QED) is 0.721. The van der Waals surface area contributed by atoms with Gasteiger partial charge in [0.2, 0.25) is 0 Å². The Kier molecular flexibility index (Phi) is 7.41. The smallest absolute Gasteiger partial charge is 0.407 e. The van der Waals surface area contributed by atoms with Gasteiger partial charge in [-0.25, -0.2) is 9.18 Å². The first-order valence-electron chi connectivity index (χ1n) is 8.26. The number of carbonyl (C=O) groups is 2. The van der Waals surface area contributed by atoms with E-state index in [0.29, 0.717) is 17.3 Å². The summed E-state index contributed by atoms with van der Waals surface area (Å²) in [6.45, 7) is 9.32. The van der Waals surface area contributed by atoms with Crippen molar-refractivity contribution < 1.29 is 18.7 Å². The zero-order valence-electron chi connectivity index (χ0n) is 15.3. The zero-order chi connectivity index (χ0) is 19.3. The van der Waals surface area contributed by atoms with Crippen LogP contribution in [0.2, 0.25) is 0 Å². The molecule has 2 amide bonds. The van der Waals surface area contributed by atoms with E-state index in [0.717, 1.165) is 0 Å². The normalized spacial score (nSPS) is 11.8. The predicted octanol–water partition coefficient (Wildman–Crippen LogP) is 4.40. The fourth-order valence-corrected chi connectivity index (χ4v) is 2.59. The number of nitrogens with one attached hydrogen (secondary N) is 2. The minimum absolute atomic E-state index is 0.0354. The van der Waals surface area contributed by atoms with E-state index >= 15 is 0 Å². The van der Waals surface area contributed by atoms with E-state index in [9.17, 15) is 14.0 Å². The lowest BCUT2D eigenvalue weighted by Crippen LogP contribution is -2.55. The largest absolute Gasteiger partial charge is 0.444 e. The molecular weight excluding hydrogens is 391 g/mol. The van der Waals surface area contributed by atoms with E-state index in [1.165, 1.54) is 12.1 Å². The van der Waals surface area contributed by atoms with Gasteiger partial charge in [0.1, 0.15) is 11.4 Å². The molecule has 0 saturated carbocycles. The van der Waals surface area contributed by atoms with Crippen molar-refractivity contribution in [2.75, 3.05) is 6.54 Å². The first kappa shape index (κ1) is 21.4. The summed E-state index contributed by atoms with van der Waals surface area (Å²) in [6.07, 6.45) is 0.592. The Labute approximate surface area is 156 Å². The van der Waals surface area contributed by atoms with Gasteiger partial charge >= 0.3 is 6.09 Å². The second-order valence-corrected chi connectivity index (χ2v) is 7.84. The summed E-state index contributed by atoms with van der Waals surface area (Å²) in [5, 5.41) is 5.55. The lowest BCUT2D eigenvalue weighted by Gasteiger charge is -2.33. The van der Waals surface area contributed by atoms with Gasteiger partial charge in [-0.05, 0) is 51.8 Å². The van der Waals surface area contributed by atoms with Crippen LogP contribution in [-0.4, -0.2) is 29.7 Å². The maximum absolute atomic E-state index is 14.0. The first-order chi connectivity index (χ1) is 11.5. The molecule has 25 heavy (non-hydrogen) atoms. The van der Waals surface area contributed by atoms with Crippen LogP contribution < -0.4 is 10.6 Å². The first-order valence-corrected chi connectivity index (χ1v) is 9.05. The molecule has 0 aliphatic rings. The van der Waals surface area contributed by atoms with Gasteiger partial charge in [0, 0.05) is 11.0 Å². The summed E-state index contributed by atoms with van der Waals surface area (Å²) in [7, 11) is 0. The maximum atomic E-state index is 14.0. The van der Waals surface area contributed by atoms with Gasteiger partial charge in [-0.15, -0.1) is 0 Å². The SMILES string of the molecule is CCC(CC)(CNC(=O)OC(C)(C)C)NC(=O)c1ccc(Br)cc1F. The number of hydrogen-bond acceptors (Lipinski definition) is 3. The van der Waals surface area contributed by atoms with Crippen molar-refractivity contribution in [2.24, 2.45) is 0 Å². The second kappa shape index (κ2) is 8.65. The van der Waals surface area contributed by atoms with Crippen LogP contribution in [0.3, 0.4) is 0 Å². The minimum Gasteiger partial charge on any atom is -0.444 e. The summed E-state index contributed by atoms with van der Waals surface area (Å²) in [5.74, 6) is -1.12. The highest BCUT2D eigenvalue weighted by Crippen LogP contribution is 2.19. The van der Waals surface area contributed by atoms with E-state index in [1.807, 2.05) is 13.8 Å². The number of ether oxygens (including phenoxy) is 1. The van der Waals surface area contributed by atoms with Crippen molar-refractivity contribution in [1.82, 2.24) is 10.6 Å². The molecule has 0 bridgehead atoms. The molecule has 1 aromatic rings. The molecule has 0 heterocycles. The fourth-order valence-electron chi connectivity index (χ4n) is 2.26. The third-order valence-corrected chi connectivity index (χ3v) is 4.37. The monoisotopic (exact) mass is 416 g/mol. The Morgan fingerprint density at radius 2 is 1.80 bits per heavy atom. The van der Waals surface area contributed by atoms with Gasteiger partial charge in [-0.1, -0.05) is 29.8 Å². The Balaban J connectivity index is 2.84. The topological polar surface area (TPSA) is 67.4 Å². The van der Waals surface area contributed by atoms with Gasteiger partial charge < -0.3 is 15.4 Å². The molecule has 140 valence electrons. The molecule has 0 aromatic heterocycles. The minimum atomic E-state index is -0.687. The van der Waals surface area contributed by atoms with E-state index in [4.69, 9.17) is 4.74 Å². The lowest BCUT2D eigenvalue weighted by molar-refractivity contribution is 0.0501. The van der Waals surface area contributed by atoms with E-state index in [2.05, 4.69) is 26.6 Å². The van der Waals surface area contributed by atoms with Gasteiger partial charge in [-0.2, -0.15) is 0 Å². The average Bonchev–Trinajstić information content (AvgIpc) is 2.49. The summed E-state index contributed by atoms with van der Waals surface area (Å²) < 4.78 is 19.8.